The molecule has 12 rings (SSSR count). The number of hydrogen-bond acceptors (Lipinski definition) is 3. The van der Waals surface area contributed by atoms with E-state index in [0.717, 1.165) is 83.4 Å². The van der Waals surface area contributed by atoms with Crippen LogP contribution in [0.5, 0.6) is 0 Å². The average Bonchev–Trinajstić information content (AvgIpc) is 3.84. The minimum atomic E-state index is -0.135. The van der Waals surface area contributed by atoms with E-state index in [-0.39, 0.29) is 5.41 Å². The molecule has 1 aliphatic rings. The first kappa shape index (κ1) is 36.8. The van der Waals surface area contributed by atoms with Crippen molar-refractivity contribution in [2.24, 2.45) is 0 Å². The van der Waals surface area contributed by atoms with E-state index < -0.39 is 0 Å². The van der Waals surface area contributed by atoms with Crippen LogP contribution in [0.1, 0.15) is 25.0 Å². The maximum absolute atomic E-state index is 6.46. The van der Waals surface area contributed by atoms with Crippen LogP contribution in [0.2, 0.25) is 0 Å². The van der Waals surface area contributed by atoms with E-state index >= 15 is 0 Å². The Hall–Kier alpha value is -8.01. The second-order valence-electron chi connectivity index (χ2n) is 17.1. The number of aromatic nitrogens is 1. The van der Waals surface area contributed by atoms with Crippen molar-refractivity contribution in [3.63, 3.8) is 0 Å². The highest BCUT2D eigenvalue weighted by atomic mass is 16.3. The van der Waals surface area contributed by atoms with Crippen LogP contribution in [0.25, 0.3) is 88.6 Å². The van der Waals surface area contributed by atoms with Crippen LogP contribution >= 0.6 is 0 Å². The maximum Gasteiger partial charge on any atom is 0.143 e. The largest absolute Gasteiger partial charge is 0.455 e. The second-order valence-corrected chi connectivity index (χ2v) is 17.1. The van der Waals surface area contributed by atoms with Gasteiger partial charge in [0.15, 0.2) is 0 Å². The third-order valence-corrected chi connectivity index (χ3v) is 13.1. The highest BCUT2D eigenvalue weighted by Crippen LogP contribution is 2.51. The molecule has 0 aliphatic heterocycles. The molecule has 0 saturated carbocycles. The number of anilines is 3. The summed E-state index contributed by atoms with van der Waals surface area (Å²) in [5.74, 6) is 0. The highest BCUT2D eigenvalue weighted by Gasteiger charge is 2.35. The van der Waals surface area contributed by atoms with Crippen LogP contribution < -0.4 is 4.90 Å². The van der Waals surface area contributed by atoms with E-state index in [0.29, 0.717) is 0 Å². The molecule has 0 atom stereocenters. The van der Waals surface area contributed by atoms with Gasteiger partial charge in [0.05, 0.1) is 11.2 Å². The molecule has 9 aromatic carbocycles. The molecule has 2 heterocycles. The molecule has 3 heteroatoms. The minimum Gasteiger partial charge on any atom is -0.455 e. The van der Waals surface area contributed by atoms with Gasteiger partial charge in [-0.15, -0.1) is 0 Å². The Labute approximate surface area is 367 Å². The van der Waals surface area contributed by atoms with Crippen molar-refractivity contribution in [3.8, 4) is 55.8 Å². The SMILES string of the molecule is CC1(C)c2ccccc2-c2ccc(N(c3ccc(-c4cc5ccccc5nc4-c4cccc(-c5ccccc5)c4)cc3)c3ccc(-c4cccc5c4oc4ccccc45)cc3)cc21. The quantitative estimate of drug-likeness (QED) is 0.161. The summed E-state index contributed by atoms with van der Waals surface area (Å²) in [5, 5.41) is 3.38. The Morgan fingerprint density at radius 3 is 1.83 bits per heavy atom. The summed E-state index contributed by atoms with van der Waals surface area (Å²) in [4.78, 5) is 7.71. The Kier molecular flexibility index (Phi) is 8.52. The van der Waals surface area contributed by atoms with Gasteiger partial charge in [-0.1, -0.05) is 172 Å². The average molecular weight is 807 g/mol. The Morgan fingerprint density at radius 2 is 1.00 bits per heavy atom. The molecule has 1 aliphatic carbocycles. The predicted octanol–water partition coefficient (Wildman–Crippen LogP) is 16.6. The fourth-order valence-electron chi connectivity index (χ4n) is 9.87. The molecule has 0 saturated heterocycles. The normalized spacial score (nSPS) is 12.7. The van der Waals surface area contributed by atoms with Gasteiger partial charge in [0.1, 0.15) is 11.2 Å². The summed E-state index contributed by atoms with van der Waals surface area (Å²) in [6.07, 6.45) is 0. The van der Waals surface area contributed by atoms with Gasteiger partial charge >= 0.3 is 0 Å². The minimum absolute atomic E-state index is 0.135. The molecule has 0 spiro atoms. The fraction of sp³-hybridized carbons (Fsp3) is 0.0500. The molecule has 0 amide bonds. The smallest absolute Gasteiger partial charge is 0.143 e. The van der Waals surface area contributed by atoms with Gasteiger partial charge in [0.25, 0.3) is 0 Å². The van der Waals surface area contributed by atoms with Crippen molar-refractivity contribution in [2.75, 3.05) is 4.90 Å². The number of nitrogens with zero attached hydrogens (tertiary/aromatic N) is 2. The molecule has 298 valence electrons. The van der Waals surface area contributed by atoms with Crippen LogP contribution in [0.15, 0.2) is 223 Å². The third-order valence-electron chi connectivity index (χ3n) is 13.1. The Bertz CT molecular complexity index is 3530. The van der Waals surface area contributed by atoms with E-state index in [1.807, 2.05) is 12.1 Å². The number of rotatable bonds is 7. The summed E-state index contributed by atoms with van der Waals surface area (Å²) >= 11 is 0. The second kappa shape index (κ2) is 14.6. The Balaban J connectivity index is 0.980. The fourth-order valence-corrected chi connectivity index (χ4v) is 9.87. The lowest BCUT2D eigenvalue weighted by molar-refractivity contribution is 0.660. The summed E-state index contributed by atoms with van der Waals surface area (Å²) in [6, 6.07) is 78.5. The van der Waals surface area contributed by atoms with Gasteiger partial charge in [0.2, 0.25) is 0 Å². The van der Waals surface area contributed by atoms with Crippen molar-refractivity contribution in [3.05, 3.63) is 230 Å². The molecule has 63 heavy (non-hydrogen) atoms. The molecule has 0 radical (unpaired) electrons. The summed E-state index contributed by atoms with van der Waals surface area (Å²) in [5.41, 5.74) is 20.0. The lowest BCUT2D eigenvalue weighted by Gasteiger charge is -2.28. The molecule has 3 nitrogen and oxygen atoms in total. The Morgan fingerprint density at radius 1 is 0.397 bits per heavy atom. The zero-order chi connectivity index (χ0) is 42.1. The molecule has 2 aromatic heterocycles. The van der Waals surface area contributed by atoms with Crippen LogP contribution in [0.4, 0.5) is 17.1 Å². The van der Waals surface area contributed by atoms with Crippen molar-refractivity contribution in [1.82, 2.24) is 4.98 Å². The van der Waals surface area contributed by atoms with E-state index in [2.05, 4.69) is 225 Å². The first-order valence-corrected chi connectivity index (χ1v) is 21.7. The van der Waals surface area contributed by atoms with E-state index in [1.165, 1.54) is 33.4 Å². The number of fused-ring (bicyclic) bond motifs is 7. The van der Waals surface area contributed by atoms with E-state index in [4.69, 9.17) is 9.40 Å². The van der Waals surface area contributed by atoms with Gasteiger partial charge < -0.3 is 9.32 Å². The zero-order valence-corrected chi connectivity index (χ0v) is 35.1. The van der Waals surface area contributed by atoms with Crippen LogP contribution in [-0.4, -0.2) is 4.98 Å². The van der Waals surface area contributed by atoms with Crippen LogP contribution in [-0.2, 0) is 5.41 Å². The van der Waals surface area contributed by atoms with Gasteiger partial charge in [0, 0.05) is 55.3 Å². The number of para-hydroxylation sites is 3. The number of furan rings is 1. The summed E-state index contributed by atoms with van der Waals surface area (Å²) < 4.78 is 6.46. The highest BCUT2D eigenvalue weighted by molar-refractivity contribution is 6.09. The first-order valence-electron chi connectivity index (χ1n) is 21.7. The first-order chi connectivity index (χ1) is 31.0. The molecule has 0 fully saturated rings. The number of benzene rings is 9. The summed E-state index contributed by atoms with van der Waals surface area (Å²) in [6.45, 7) is 4.69. The number of hydrogen-bond donors (Lipinski definition) is 0. The van der Waals surface area contributed by atoms with Crippen molar-refractivity contribution in [2.45, 2.75) is 19.3 Å². The van der Waals surface area contributed by atoms with Crippen molar-refractivity contribution >= 4 is 49.9 Å². The third kappa shape index (κ3) is 6.15. The monoisotopic (exact) mass is 806 g/mol. The van der Waals surface area contributed by atoms with Gasteiger partial charge in [-0.25, -0.2) is 4.98 Å². The zero-order valence-electron chi connectivity index (χ0n) is 35.1. The summed E-state index contributed by atoms with van der Waals surface area (Å²) in [7, 11) is 0. The van der Waals surface area contributed by atoms with Crippen LogP contribution in [0, 0.1) is 0 Å². The van der Waals surface area contributed by atoms with Crippen molar-refractivity contribution < 1.29 is 4.42 Å². The lowest BCUT2D eigenvalue weighted by Crippen LogP contribution is -2.16. The topological polar surface area (TPSA) is 29.3 Å². The van der Waals surface area contributed by atoms with Gasteiger partial charge in [-0.3, -0.25) is 0 Å². The van der Waals surface area contributed by atoms with E-state index in [1.54, 1.807) is 0 Å². The molecule has 0 unspecified atom stereocenters. The lowest BCUT2D eigenvalue weighted by atomic mass is 9.82. The molecular weight excluding hydrogens is 765 g/mol. The van der Waals surface area contributed by atoms with Gasteiger partial charge in [-0.05, 0) is 105 Å². The molecule has 11 aromatic rings. The van der Waals surface area contributed by atoms with Crippen LogP contribution in [0.3, 0.4) is 0 Å². The molecular formula is C60H42N2O. The molecule has 0 N–H and O–H groups in total. The maximum atomic E-state index is 6.46. The van der Waals surface area contributed by atoms with Crippen molar-refractivity contribution in [1.29, 1.82) is 0 Å². The molecule has 0 bridgehead atoms. The number of pyridine rings is 1. The standard InChI is InChI=1S/C60H42N2O/c1-60(2)54-23-9-7-19-49(54)50-35-34-47(38-55(50)60)62(45-30-26-40(27-31-45)48-21-13-22-52-51-20-8-11-25-57(51)63-59(48)52)46-32-28-41(29-33-46)53-37-43-16-6-10-24-56(43)61-58(53)44-18-12-17-42(36-44)39-14-4-3-5-15-39/h3-38H,1-2H3. The van der Waals surface area contributed by atoms with Gasteiger partial charge in [-0.2, -0.15) is 0 Å². The predicted molar refractivity (Wildman–Crippen MR) is 263 cm³/mol. The van der Waals surface area contributed by atoms with E-state index in [9.17, 15) is 0 Å².